The lowest BCUT2D eigenvalue weighted by Crippen LogP contribution is -2.58. The van der Waals surface area contributed by atoms with Crippen molar-refractivity contribution in [2.45, 2.75) is 75.6 Å². The van der Waals surface area contributed by atoms with Gasteiger partial charge in [-0.15, -0.1) is 0 Å². The molecular weight excluding hydrogens is 256 g/mol. The first-order valence-electron chi connectivity index (χ1n) is 7.76. The molecule has 0 aromatic heterocycles. The largest absolute Gasteiger partial charge is 0.351 e. The van der Waals surface area contributed by atoms with Gasteiger partial charge in [-0.3, -0.25) is 4.79 Å². The molecular formula is C15H28N2OS. The smallest absolute Gasteiger partial charge is 0.240 e. The van der Waals surface area contributed by atoms with Crippen molar-refractivity contribution < 1.29 is 4.79 Å². The van der Waals surface area contributed by atoms with Gasteiger partial charge >= 0.3 is 0 Å². The van der Waals surface area contributed by atoms with Crippen LogP contribution in [0.3, 0.4) is 0 Å². The van der Waals surface area contributed by atoms with Gasteiger partial charge in [-0.2, -0.15) is 11.8 Å². The lowest BCUT2D eigenvalue weighted by atomic mass is 9.76. The highest BCUT2D eigenvalue weighted by molar-refractivity contribution is 7.99. The zero-order valence-corrected chi connectivity index (χ0v) is 13.1. The van der Waals surface area contributed by atoms with Crippen molar-refractivity contribution in [2.24, 2.45) is 11.7 Å². The highest BCUT2D eigenvalue weighted by Gasteiger charge is 2.40. The number of thioether (sulfide) groups is 1. The number of carbonyl (C=O) groups is 1. The molecule has 0 spiro atoms. The van der Waals surface area contributed by atoms with Crippen LogP contribution >= 0.6 is 11.8 Å². The summed E-state index contributed by atoms with van der Waals surface area (Å²) in [5, 5.41) is 3.86. The average Bonchev–Trinajstić information content (AvgIpc) is 2.77. The highest BCUT2D eigenvalue weighted by Crippen LogP contribution is 2.33. The fraction of sp³-hybridized carbons (Fsp3) is 0.933. The van der Waals surface area contributed by atoms with E-state index >= 15 is 0 Å². The molecule has 0 aromatic rings. The second kappa shape index (κ2) is 6.49. The number of nitrogens with two attached hydrogens (primary N) is 1. The summed E-state index contributed by atoms with van der Waals surface area (Å²) >= 11 is 1.98. The molecule has 4 atom stereocenters. The van der Waals surface area contributed by atoms with Crippen LogP contribution in [0.4, 0.5) is 0 Å². The van der Waals surface area contributed by atoms with Crippen molar-refractivity contribution >= 4 is 17.7 Å². The van der Waals surface area contributed by atoms with Crippen LogP contribution in [0.1, 0.15) is 58.8 Å². The second-order valence-electron chi connectivity index (χ2n) is 6.36. The molecule has 2 rings (SSSR count). The fourth-order valence-corrected chi connectivity index (χ4v) is 4.81. The SMILES string of the molecule is CCSC1CCCC1NC(=O)C1(N)CCCC(C)C1. The minimum Gasteiger partial charge on any atom is -0.351 e. The zero-order valence-electron chi connectivity index (χ0n) is 12.3. The van der Waals surface area contributed by atoms with Crippen LogP contribution in [-0.2, 0) is 4.79 Å². The third-order valence-corrected chi connectivity index (χ3v) is 5.96. The molecule has 0 saturated heterocycles. The summed E-state index contributed by atoms with van der Waals surface area (Å²) in [6, 6.07) is 0.343. The molecule has 3 nitrogen and oxygen atoms in total. The maximum atomic E-state index is 12.5. The summed E-state index contributed by atoms with van der Waals surface area (Å²) in [6.45, 7) is 4.40. The van der Waals surface area contributed by atoms with Gasteiger partial charge < -0.3 is 11.1 Å². The van der Waals surface area contributed by atoms with Crippen molar-refractivity contribution in [3.8, 4) is 0 Å². The van der Waals surface area contributed by atoms with E-state index in [0.717, 1.165) is 31.4 Å². The van der Waals surface area contributed by atoms with Gasteiger partial charge in [0, 0.05) is 11.3 Å². The Morgan fingerprint density at radius 2 is 2.16 bits per heavy atom. The number of amides is 1. The van der Waals surface area contributed by atoms with E-state index in [4.69, 9.17) is 5.73 Å². The van der Waals surface area contributed by atoms with E-state index in [1.165, 1.54) is 19.3 Å². The monoisotopic (exact) mass is 284 g/mol. The Morgan fingerprint density at radius 3 is 2.84 bits per heavy atom. The Balaban J connectivity index is 1.92. The molecule has 1 amide bonds. The molecule has 0 aliphatic heterocycles. The predicted molar refractivity (Wildman–Crippen MR) is 82.3 cm³/mol. The molecule has 3 N–H and O–H groups in total. The Bertz CT molecular complexity index is 323. The first-order valence-corrected chi connectivity index (χ1v) is 8.81. The van der Waals surface area contributed by atoms with Crippen LogP contribution in [0.15, 0.2) is 0 Å². The molecule has 19 heavy (non-hydrogen) atoms. The highest BCUT2D eigenvalue weighted by atomic mass is 32.2. The van der Waals surface area contributed by atoms with Gasteiger partial charge in [-0.25, -0.2) is 0 Å². The normalized spacial score (nSPS) is 39.2. The molecule has 2 aliphatic carbocycles. The number of carbonyl (C=O) groups excluding carboxylic acids is 1. The second-order valence-corrected chi connectivity index (χ2v) is 7.88. The van der Waals surface area contributed by atoms with E-state index < -0.39 is 5.54 Å². The lowest BCUT2D eigenvalue weighted by Gasteiger charge is -2.36. The van der Waals surface area contributed by atoms with Crippen LogP contribution in [0.2, 0.25) is 0 Å². The minimum absolute atomic E-state index is 0.104. The molecule has 0 radical (unpaired) electrons. The first-order chi connectivity index (χ1) is 9.05. The number of nitrogens with one attached hydrogen (secondary N) is 1. The zero-order chi connectivity index (χ0) is 13.9. The maximum absolute atomic E-state index is 12.5. The van der Waals surface area contributed by atoms with Gasteiger partial charge in [-0.05, 0) is 37.4 Å². The summed E-state index contributed by atoms with van der Waals surface area (Å²) in [6.07, 6.45) is 7.58. The summed E-state index contributed by atoms with van der Waals surface area (Å²) in [5.41, 5.74) is 5.76. The topological polar surface area (TPSA) is 55.1 Å². The van der Waals surface area contributed by atoms with Crippen LogP contribution < -0.4 is 11.1 Å². The van der Waals surface area contributed by atoms with E-state index in [-0.39, 0.29) is 5.91 Å². The molecule has 2 saturated carbocycles. The molecule has 110 valence electrons. The summed E-state index contributed by atoms with van der Waals surface area (Å²) in [7, 11) is 0. The lowest BCUT2D eigenvalue weighted by molar-refractivity contribution is -0.128. The third-order valence-electron chi connectivity index (χ3n) is 4.63. The Hall–Kier alpha value is -0.220. The molecule has 4 unspecified atom stereocenters. The van der Waals surface area contributed by atoms with Crippen molar-refractivity contribution in [2.75, 3.05) is 5.75 Å². The molecule has 0 heterocycles. The standard InChI is InChI=1S/C15H28N2OS/c1-3-19-13-8-4-7-12(13)17-14(18)15(16)9-5-6-11(2)10-15/h11-13H,3-10,16H2,1-2H3,(H,17,18). The van der Waals surface area contributed by atoms with Crippen molar-refractivity contribution in [3.05, 3.63) is 0 Å². The Labute approximate surface area is 121 Å². The van der Waals surface area contributed by atoms with Crippen LogP contribution in [0.25, 0.3) is 0 Å². The van der Waals surface area contributed by atoms with Crippen LogP contribution in [-0.4, -0.2) is 28.5 Å². The fourth-order valence-electron chi connectivity index (χ4n) is 3.61. The molecule has 0 aromatic carbocycles. The predicted octanol–water partition coefficient (Wildman–Crippen LogP) is 2.68. The molecule has 4 heteroatoms. The number of hydrogen-bond donors (Lipinski definition) is 2. The van der Waals surface area contributed by atoms with Gasteiger partial charge in [0.05, 0.1) is 5.54 Å². The van der Waals surface area contributed by atoms with Gasteiger partial charge in [0.1, 0.15) is 0 Å². The molecule has 2 fully saturated rings. The Morgan fingerprint density at radius 1 is 1.37 bits per heavy atom. The first kappa shape index (κ1) is 15.2. The van der Waals surface area contributed by atoms with Crippen molar-refractivity contribution in [1.29, 1.82) is 0 Å². The Kier molecular flexibility index (Phi) is 5.18. The molecule has 2 aliphatic rings. The minimum atomic E-state index is -0.609. The van der Waals surface area contributed by atoms with E-state index in [1.807, 2.05) is 11.8 Å². The van der Waals surface area contributed by atoms with Gasteiger partial charge in [0.25, 0.3) is 0 Å². The van der Waals surface area contributed by atoms with E-state index in [0.29, 0.717) is 17.2 Å². The van der Waals surface area contributed by atoms with Crippen molar-refractivity contribution in [3.63, 3.8) is 0 Å². The summed E-state index contributed by atoms with van der Waals surface area (Å²) < 4.78 is 0. The van der Waals surface area contributed by atoms with E-state index in [1.54, 1.807) is 0 Å². The summed E-state index contributed by atoms with van der Waals surface area (Å²) in [4.78, 5) is 12.5. The van der Waals surface area contributed by atoms with Crippen LogP contribution in [0, 0.1) is 5.92 Å². The average molecular weight is 284 g/mol. The quantitative estimate of drug-likeness (QED) is 0.834. The number of rotatable bonds is 4. The van der Waals surface area contributed by atoms with E-state index in [9.17, 15) is 4.79 Å². The van der Waals surface area contributed by atoms with Crippen molar-refractivity contribution in [1.82, 2.24) is 5.32 Å². The van der Waals surface area contributed by atoms with Crippen LogP contribution in [0.5, 0.6) is 0 Å². The van der Waals surface area contributed by atoms with E-state index in [2.05, 4.69) is 19.2 Å². The summed E-state index contributed by atoms with van der Waals surface area (Å²) in [5.74, 6) is 1.81. The van der Waals surface area contributed by atoms with Gasteiger partial charge in [0.15, 0.2) is 0 Å². The van der Waals surface area contributed by atoms with Gasteiger partial charge in [-0.1, -0.05) is 33.1 Å². The third kappa shape index (κ3) is 3.66. The molecule has 0 bridgehead atoms. The maximum Gasteiger partial charge on any atom is 0.240 e. The number of hydrogen-bond acceptors (Lipinski definition) is 3. The van der Waals surface area contributed by atoms with Gasteiger partial charge in [0.2, 0.25) is 5.91 Å².